The number of ether oxygens (including phenoxy) is 1. The first kappa shape index (κ1) is 23.2. The fourth-order valence-corrected chi connectivity index (χ4v) is 6.79. The first-order valence-electron chi connectivity index (χ1n) is 10.8. The van der Waals surface area contributed by atoms with E-state index in [0.29, 0.717) is 29.5 Å². The van der Waals surface area contributed by atoms with E-state index in [1.165, 1.54) is 21.6 Å². The molecule has 0 radical (unpaired) electrons. The number of rotatable bonds is 6. The van der Waals surface area contributed by atoms with Crippen LogP contribution in [0.4, 0.5) is 0 Å². The number of sulfonamides is 1. The molecule has 0 saturated carbocycles. The normalized spacial score (nSPS) is 15.6. The number of aromatic nitrogens is 2. The molecule has 2 heterocycles. The molecule has 7 nitrogen and oxygen atoms in total. The summed E-state index contributed by atoms with van der Waals surface area (Å²) in [5, 5.41) is 8.64. The summed E-state index contributed by atoms with van der Waals surface area (Å²) < 4.78 is 38.7. The second-order valence-corrected chi connectivity index (χ2v) is 11.5. The van der Waals surface area contributed by atoms with Crippen LogP contribution in [0, 0.1) is 0 Å². The number of piperidine rings is 1. The van der Waals surface area contributed by atoms with E-state index < -0.39 is 10.0 Å². The van der Waals surface area contributed by atoms with E-state index in [-0.39, 0.29) is 10.4 Å². The van der Waals surface area contributed by atoms with E-state index in [9.17, 15) is 8.42 Å². The van der Waals surface area contributed by atoms with Gasteiger partial charge in [-0.3, -0.25) is 0 Å². The van der Waals surface area contributed by atoms with Gasteiger partial charge in [-0.2, -0.15) is 4.31 Å². The fourth-order valence-electron chi connectivity index (χ4n) is 4.19. The highest BCUT2D eigenvalue weighted by Gasteiger charge is 2.32. The van der Waals surface area contributed by atoms with Crippen LogP contribution < -0.4 is 4.74 Å². The predicted molar refractivity (Wildman–Crippen MR) is 131 cm³/mol. The summed E-state index contributed by atoms with van der Waals surface area (Å²) >= 11 is 7.45. The largest absolute Gasteiger partial charge is 0.497 e. The van der Waals surface area contributed by atoms with Crippen molar-refractivity contribution in [2.24, 2.45) is 0 Å². The maximum absolute atomic E-state index is 13.5. The fraction of sp³-hybridized carbons (Fsp3) is 0.250. The van der Waals surface area contributed by atoms with Crippen molar-refractivity contribution < 1.29 is 17.8 Å². The van der Waals surface area contributed by atoms with Crippen molar-refractivity contribution in [1.82, 2.24) is 14.6 Å². The lowest BCUT2D eigenvalue weighted by Crippen LogP contribution is -2.38. The summed E-state index contributed by atoms with van der Waals surface area (Å²) in [6, 6.07) is 18.7. The minimum atomic E-state index is -3.75. The number of halogens is 1. The predicted octanol–water partition coefficient (Wildman–Crippen LogP) is 5.60. The maximum atomic E-state index is 13.5. The standard InChI is InChI=1S/C24H22ClN3O4S2/c1-31-19-6-8-20(9-7-19)33-21-10-11-22(24-23(21)26-32-27-24)34(29,30)28-14-12-17(13-15-28)16-2-4-18(25)5-3-16/h2-11,17H,12-15H2,1H3. The Morgan fingerprint density at radius 2 is 1.65 bits per heavy atom. The lowest BCUT2D eigenvalue weighted by molar-refractivity contribution is 0.313. The molecule has 176 valence electrons. The Labute approximate surface area is 207 Å². The van der Waals surface area contributed by atoms with Gasteiger partial charge in [0.2, 0.25) is 10.0 Å². The summed E-state index contributed by atoms with van der Waals surface area (Å²) in [5.41, 5.74) is 1.86. The van der Waals surface area contributed by atoms with Crippen LogP contribution in [0.25, 0.3) is 11.0 Å². The van der Waals surface area contributed by atoms with Crippen molar-refractivity contribution in [3.8, 4) is 5.75 Å². The van der Waals surface area contributed by atoms with Crippen LogP contribution in [-0.2, 0) is 10.0 Å². The Hall–Kier alpha value is -2.59. The zero-order chi connectivity index (χ0) is 23.7. The van der Waals surface area contributed by atoms with Gasteiger partial charge < -0.3 is 4.74 Å². The van der Waals surface area contributed by atoms with Crippen molar-refractivity contribution >= 4 is 44.4 Å². The van der Waals surface area contributed by atoms with E-state index in [0.717, 1.165) is 28.4 Å². The first-order valence-corrected chi connectivity index (χ1v) is 13.4. The zero-order valence-corrected chi connectivity index (χ0v) is 20.7. The molecule has 0 atom stereocenters. The number of methoxy groups -OCH3 is 1. The van der Waals surface area contributed by atoms with Gasteiger partial charge in [-0.1, -0.05) is 35.5 Å². The molecule has 0 amide bonds. The summed E-state index contributed by atoms with van der Waals surface area (Å²) in [6.07, 6.45) is 1.49. The Morgan fingerprint density at radius 3 is 2.32 bits per heavy atom. The van der Waals surface area contributed by atoms with Crippen LogP contribution in [0.1, 0.15) is 24.3 Å². The quantitative estimate of drug-likeness (QED) is 0.330. The average molecular weight is 516 g/mol. The molecule has 1 aromatic heterocycles. The van der Waals surface area contributed by atoms with Crippen molar-refractivity contribution in [3.63, 3.8) is 0 Å². The van der Waals surface area contributed by atoms with Crippen molar-refractivity contribution in [2.75, 3.05) is 20.2 Å². The third-order valence-corrected chi connectivity index (χ3v) is 9.28. The molecule has 1 fully saturated rings. The third kappa shape index (κ3) is 4.53. The topological polar surface area (TPSA) is 85.5 Å². The van der Waals surface area contributed by atoms with E-state index in [1.54, 1.807) is 19.2 Å². The van der Waals surface area contributed by atoms with Crippen LogP contribution in [0.3, 0.4) is 0 Å². The SMILES string of the molecule is COc1ccc(Sc2ccc(S(=O)(=O)N3CCC(c4ccc(Cl)cc4)CC3)c3nonc23)cc1. The molecule has 4 aromatic rings. The van der Waals surface area contributed by atoms with Gasteiger partial charge in [0, 0.05) is 27.9 Å². The number of hydrogen-bond donors (Lipinski definition) is 0. The van der Waals surface area contributed by atoms with Gasteiger partial charge >= 0.3 is 0 Å². The van der Waals surface area contributed by atoms with Crippen LogP contribution in [0.2, 0.25) is 5.02 Å². The molecule has 34 heavy (non-hydrogen) atoms. The van der Waals surface area contributed by atoms with Crippen LogP contribution in [-0.4, -0.2) is 43.2 Å². The summed E-state index contributed by atoms with van der Waals surface area (Å²) in [5.74, 6) is 1.07. The molecule has 0 aliphatic carbocycles. The molecule has 0 bridgehead atoms. The van der Waals surface area contributed by atoms with Gasteiger partial charge in [0.05, 0.1) is 7.11 Å². The molecule has 0 unspecified atom stereocenters. The molecule has 3 aromatic carbocycles. The van der Waals surface area contributed by atoms with Gasteiger partial charge in [-0.15, -0.1) is 0 Å². The lowest BCUT2D eigenvalue weighted by Gasteiger charge is -2.31. The Morgan fingerprint density at radius 1 is 0.971 bits per heavy atom. The molecule has 5 rings (SSSR count). The molecular weight excluding hydrogens is 494 g/mol. The highest BCUT2D eigenvalue weighted by molar-refractivity contribution is 7.99. The minimum absolute atomic E-state index is 0.118. The average Bonchev–Trinajstić information content (AvgIpc) is 3.35. The first-order chi connectivity index (χ1) is 16.5. The van der Waals surface area contributed by atoms with Gasteiger partial charge in [0.1, 0.15) is 10.6 Å². The van der Waals surface area contributed by atoms with Crippen molar-refractivity contribution in [3.05, 3.63) is 71.2 Å². The summed E-state index contributed by atoms with van der Waals surface area (Å²) in [6.45, 7) is 0.871. The third-order valence-electron chi connectivity index (χ3n) is 6.04. The van der Waals surface area contributed by atoms with Gasteiger partial charge in [0.25, 0.3) is 0 Å². The monoisotopic (exact) mass is 515 g/mol. The second kappa shape index (κ2) is 9.58. The Kier molecular flexibility index (Phi) is 6.52. The minimum Gasteiger partial charge on any atom is -0.497 e. The van der Waals surface area contributed by atoms with E-state index in [1.807, 2.05) is 48.5 Å². The summed E-state index contributed by atoms with van der Waals surface area (Å²) in [4.78, 5) is 1.85. The Bertz CT molecular complexity index is 1400. The second-order valence-electron chi connectivity index (χ2n) is 8.03. The number of nitrogens with zero attached hydrogens (tertiary/aromatic N) is 3. The van der Waals surface area contributed by atoms with Crippen LogP contribution in [0.5, 0.6) is 5.75 Å². The maximum Gasteiger partial charge on any atom is 0.245 e. The van der Waals surface area contributed by atoms with Gasteiger partial charge in [0.15, 0.2) is 11.0 Å². The molecule has 10 heteroatoms. The molecule has 1 aliphatic rings. The number of benzene rings is 3. The van der Waals surface area contributed by atoms with Gasteiger partial charge in [-0.25, -0.2) is 13.0 Å². The highest BCUT2D eigenvalue weighted by Crippen LogP contribution is 2.37. The molecule has 1 saturated heterocycles. The smallest absolute Gasteiger partial charge is 0.245 e. The molecule has 1 aliphatic heterocycles. The molecular formula is C24H22ClN3O4S2. The van der Waals surface area contributed by atoms with E-state index in [4.69, 9.17) is 21.0 Å². The van der Waals surface area contributed by atoms with E-state index >= 15 is 0 Å². The van der Waals surface area contributed by atoms with E-state index in [2.05, 4.69) is 10.3 Å². The van der Waals surface area contributed by atoms with Crippen LogP contribution >= 0.6 is 23.4 Å². The van der Waals surface area contributed by atoms with Gasteiger partial charge in [-0.05, 0) is 83.2 Å². The number of fused-ring (bicyclic) bond motifs is 1. The molecule has 0 spiro atoms. The van der Waals surface area contributed by atoms with Crippen LogP contribution in [0.15, 0.2) is 80.0 Å². The summed E-state index contributed by atoms with van der Waals surface area (Å²) in [7, 11) is -2.13. The van der Waals surface area contributed by atoms with Crippen molar-refractivity contribution in [1.29, 1.82) is 0 Å². The zero-order valence-electron chi connectivity index (χ0n) is 18.3. The number of hydrogen-bond acceptors (Lipinski definition) is 7. The van der Waals surface area contributed by atoms with Crippen molar-refractivity contribution in [2.45, 2.75) is 33.4 Å². The highest BCUT2D eigenvalue weighted by atomic mass is 35.5. The molecule has 0 N–H and O–H groups in total. The lowest BCUT2D eigenvalue weighted by atomic mass is 9.90. The Balaban J connectivity index is 1.37.